The Morgan fingerprint density at radius 3 is 2.79 bits per heavy atom. The third kappa shape index (κ3) is 4.48. The molecule has 0 radical (unpaired) electrons. The van der Waals surface area contributed by atoms with E-state index in [0.29, 0.717) is 10.7 Å². The van der Waals surface area contributed by atoms with Crippen molar-refractivity contribution >= 4 is 33.2 Å². The maximum atomic E-state index is 13.3. The molecule has 176 valence electrons. The number of nitrogens with zero attached hydrogens (tertiary/aromatic N) is 4. The van der Waals surface area contributed by atoms with Crippen LogP contribution < -0.4 is 4.72 Å². The lowest BCUT2D eigenvalue weighted by atomic mass is 9.80. The SMILES string of the molecule is N=C1CN(C(=O)C2(c3ncccc3Cl)COC2)C/C1=C/NS(=O)(=O)c1cnn(CC(F)F)c1. The molecule has 0 aromatic carbocycles. The van der Waals surface area contributed by atoms with Gasteiger partial charge in [-0.15, -0.1) is 0 Å². The average molecular weight is 501 g/mol. The van der Waals surface area contributed by atoms with Gasteiger partial charge < -0.3 is 15.0 Å². The first kappa shape index (κ1) is 23.3. The van der Waals surface area contributed by atoms with Crippen molar-refractivity contribution < 1.29 is 26.7 Å². The molecule has 2 aliphatic heterocycles. The number of carbonyl (C=O) groups excluding carboxylic acids is 1. The summed E-state index contributed by atoms with van der Waals surface area (Å²) in [6, 6.07) is 3.28. The van der Waals surface area contributed by atoms with Gasteiger partial charge in [-0.05, 0) is 12.1 Å². The summed E-state index contributed by atoms with van der Waals surface area (Å²) in [5, 5.41) is 12.1. The van der Waals surface area contributed by atoms with Gasteiger partial charge in [0, 0.05) is 30.7 Å². The second-order valence-corrected chi connectivity index (χ2v) is 9.75. The van der Waals surface area contributed by atoms with E-state index in [1.807, 2.05) is 0 Å². The van der Waals surface area contributed by atoms with Crippen LogP contribution in [0.5, 0.6) is 0 Å². The molecule has 0 saturated carbocycles. The molecule has 2 aromatic rings. The summed E-state index contributed by atoms with van der Waals surface area (Å²) in [5.41, 5.74) is -0.322. The molecule has 2 fully saturated rings. The average Bonchev–Trinajstić information content (AvgIpc) is 3.33. The van der Waals surface area contributed by atoms with E-state index in [1.165, 1.54) is 11.1 Å². The smallest absolute Gasteiger partial charge is 0.264 e. The minimum Gasteiger partial charge on any atom is -0.378 e. The minimum atomic E-state index is -4.10. The van der Waals surface area contributed by atoms with Crippen molar-refractivity contribution in [3.8, 4) is 0 Å². The number of hydrogen-bond donors (Lipinski definition) is 2. The van der Waals surface area contributed by atoms with Crippen molar-refractivity contribution in [1.29, 1.82) is 5.41 Å². The van der Waals surface area contributed by atoms with Gasteiger partial charge in [-0.1, -0.05) is 11.6 Å². The van der Waals surface area contributed by atoms with Crippen molar-refractivity contribution in [2.45, 2.75) is 23.3 Å². The number of amides is 1. The van der Waals surface area contributed by atoms with Crippen LogP contribution in [0.3, 0.4) is 0 Å². The zero-order valence-electron chi connectivity index (χ0n) is 17.0. The highest BCUT2D eigenvalue weighted by Gasteiger charge is 2.52. The van der Waals surface area contributed by atoms with Crippen LogP contribution in [0.4, 0.5) is 8.78 Å². The van der Waals surface area contributed by atoms with E-state index in [2.05, 4.69) is 14.8 Å². The molecule has 0 atom stereocenters. The van der Waals surface area contributed by atoms with Crippen LogP contribution in [0, 0.1) is 5.41 Å². The van der Waals surface area contributed by atoms with E-state index in [-0.39, 0.29) is 48.4 Å². The topological polar surface area (TPSA) is 130 Å². The highest BCUT2D eigenvalue weighted by Crippen LogP contribution is 2.37. The van der Waals surface area contributed by atoms with Crippen LogP contribution in [-0.4, -0.2) is 72.4 Å². The van der Waals surface area contributed by atoms with Gasteiger partial charge in [0.05, 0.1) is 42.4 Å². The van der Waals surface area contributed by atoms with Crippen LogP contribution in [-0.2, 0) is 31.5 Å². The Morgan fingerprint density at radius 1 is 1.39 bits per heavy atom. The Morgan fingerprint density at radius 2 is 2.15 bits per heavy atom. The number of ether oxygens (including phenoxy) is 1. The maximum absolute atomic E-state index is 13.3. The molecule has 2 aromatic heterocycles. The number of nitrogens with one attached hydrogen (secondary N) is 2. The fourth-order valence-corrected chi connectivity index (χ4v) is 4.76. The molecule has 4 rings (SSSR count). The highest BCUT2D eigenvalue weighted by molar-refractivity contribution is 7.89. The Bertz CT molecular complexity index is 1230. The molecule has 0 bridgehead atoms. The zero-order valence-corrected chi connectivity index (χ0v) is 18.6. The predicted molar refractivity (Wildman–Crippen MR) is 113 cm³/mol. The maximum Gasteiger partial charge on any atom is 0.264 e. The largest absolute Gasteiger partial charge is 0.378 e. The van der Waals surface area contributed by atoms with Crippen LogP contribution in [0.1, 0.15) is 5.69 Å². The summed E-state index contributed by atoms with van der Waals surface area (Å²) in [4.78, 5) is 18.7. The highest BCUT2D eigenvalue weighted by atomic mass is 35.5. The molecule has 1 amide bonds. The fraction of sp³-hybridized carbons (Fsp3) is 0.368. The first-order chi connectivity index (χ1) is 15.6. The number of pyridine rings is 1. The first-order valence-electron chi connectivity index (χ1n) is 9.70. The summed E-state index contributed by atoms with van der Waals surface area (Å²) in [7, 11) is -4.10. The molecule has 0 unspecified atom stereocenters. The second-order valence-electron chi connectivity index (χ2n) is 7.63. The molecule has 0 aliphatic carbocycles. The molecule has 33 heavy (non-hydrogen) atoms. The Labute approximate surface area is 192 Å². The van der Waals surface area contributed by atoms with Crippen LogP contribution in [0.25, 0.3) is 0 Å². The molecular weight excluding hydrogens is 482 g/mol. The van der Waals surface area contributed by atoms with E-state index in [4.69, 9.17) is 21.7 Å². The quantitative estimate of drug-likeness (QED) is 0.587. The molecule has 2 saturated heterocycles. The number of hydrogen-bond acceptors (Lipinski definition) is 7. The summed E-state index contributed by atoms with van der Waals surface area (Å²) in [6.07, 6.45) is 1.91. The van der Waals surface area contributed by atoms with Crippen molar-refractivity contribution in [3.05, 3.63) is 53.2 Å². The monoisotopic (exact) mass is 500 g/mol. The Hall–Kier alpha value is -2.90. The van der Waals surface area contributed by atoms with Gasteiger partial charge >= 0.3 is 0 Å². The lowest BCUT2D eigenvalue weighted by Crippen LogP contribution is -2.58. The van der Waals surface area contributed by atoms with E-state index in [1.54, 1.807) is 12.1 Å². The van der Waals surface area contributed by atoms with Gasteiger partial charge in [0.2, 0.25) is 5.91 Å². The van der Waals surface area contributed by atoms with Crippen molar-refractivity contribution in [2.24, 2.45) is 0 Å². The summed E-state index contributed by atoms with van der Waals surface area (Å²) in [6.45, 7) is -0.562. The van der Waals surface area contributed by atoms with E-state index < -0.39 is 28.4 Å². The number of sulfonamides is 1. The number of carbonyl (C=O) groups is 1. The van der Waals surface area contributed by atoms with E-state index in [9.17, 15) is 22.0 Å². The number of halogens is 3. The number of likely N-dealkylation sites (tertiary alicyclic amines) is 1. The Balaban J connectivity index is 1.48. The zero-order chi connectivity index (χ0) is 23.8. The Kier molecular flexibility index (Phi) is 6.20. The summed E-state index contributed by atoms with van der Waals surface area (Å²) in [5.74, 6) is -0.321. The standard InChI is InChI=1S/C19H19ClF2N6O4S/c20-14-2-1-3-24-17(14)19(10-32-11-19)18(29)27-6-12(15(23)8-27)4-26-33(30,31)13-5-25-28(7-13)9-16(21)22/h1-5,7,16,23,26H,6,8-11H2/b12-4-,23-15?. The van der Waals surface area contributed by atoms with Gasteiger partial charge in [0.1, 0.15) is 16.9 Å². The second kappa shape index (κ2) is 8.80. The van der Waals surface area contributed by atoms with E-state index >= 15 is 0 Å². The van der Waals surface area contributed by atoms with Gasteiger partial charge in [-0.3, -0.25) is 19.2 Å². The summed E-state index contributed by atoms with van der Waals surface area (Å²) < 4.78 is 58.2. The molecule has 10 nitrogen and oxygen atoms in total. The third-order valence-electron chi connectivity index (χ3n) is 5.34. The number of alkyl halides is 2. The lowest BCUT2D eigenvalue weighted by molar-refractivity contribution is -0.155. The van der Waals surface area contributed by atoms with Crippen molar-refractivity contribution in [3.63, 3.8) is 0 Å². The van der Waals surface area contributed by atoms with Gasteiger partial charge in [-0.25, -0.2) is 17.2 Å². The van der Waals surface area contributed by atoms with Gasteiger partial charge in [0.25, 0.3) is 16.4 Å². The third-order valence-corrected chi connectivity index (χ3v) is 6.90. The lowest BCUT2D eigenvalue weighted by Gasteiger charge is -2.41. The predicted octanol–water partition coefficient (Wildman–Crippen LogP) is 1.19. The molecule has 14 heteroatoms. The molecular formula is C19H19ClF2N6O4S. The number of rotatable bonds is 7. The first-order valence-corrected chi connectivity index (χ1v) is 11.6. The van der Waals surface area contributed by atoms with Gasteiger partial charge in [-0.2, -0.15) is 5.10 Å². The summed E-state index contributed by atoms with van der Waals surface area (Å²) >= 11 is 6.25. The van der Waals surface area contributed by atoms with Crippen molar-refractivity contribution in [1.82, 2.24) is 24.4 Å². The van der Waals surface area contributed by atoms with Gasteiger partial charge in [0.15, 0.2) is 0 Å². The minimum absolute atomic E-state index is 0.00294. The number of aromatic nitrogens is 3. The molecule has 4 heterocycles. The van der Waals surface area contributed by atoms with Crippen molar-refractivity contribution in [2.75, 3.05) is 26.3 Å². The molecule has 0 spiro atoms. The van der Waals surface area contributed by atoms with Crippen LogP contribution in [0.2, 0.25) is 5.02 Å². The van der Waals surface area contributed by atoms with Crippen LogP contribution in [0.15, 0.2) is 47.4 Å². The molecule has 2 aliphatic rings. The van der Waals surface area contributed by atoms with E-state index in [0.717, 1.165) is 23.3 Å². The fourth-order valence-electron chi connectivity index (χ4n) is 3.58. The van der Waals surface area contributed by atoms with Crippen LogP contribution >= 0.6 is 11.6 Å². The molecule has 2 N–H and O–H groups in total. The normalized spacial score (nSPS) is 19.2.